The van der Waals surface area contributed by atoms with Crippen LogP contribution >= 0.6 is 11.6 Å². The van der Waals surface area contributed by atoms with E-state index in [-0.39, 0.29) is 16.3 Å². The molecular weight excluding hydrogens is 387 g/mol. The van der Waals surface area contributed by atoms with Gasteiger partial charge in [-0.3, -0.25) is 9.89 Å². The first kappa shape index (κ1) is 19.4. The summed E-state index contributed by atoms with van der Waals surface area (Å²) in [5.74, 6) is 0.0481. The number of hydrogen-bond acceptors (Lipinski definition) is 5. The first-order valence-corrected chi connectivity index (χ1v) is 8.46. The van der Waals surface area contributed by atoms with Gasteiger partial charge in [-0.05, 0) is 36.4 Å². The monoisotopic (exact) mass is 402 g/mol. The maximum Gasteiger partial charge on any atom is 0.289 e. The van der Waals surface area contributed by atoms with Crippen LogP contribution in [0.15, 0.2) is 47.6 Å². The van der Waals surface area contributed by atoms with Crippen LogP contribution in [0.4, 0.5) is 4.39 Å². The lowest BCUT2D eigenvalue weighted by Crippen LogP contribution is -2.18. The minimum Gasteiger partial charge on any atom is -0.493 e. The molecule has 0 atom stereocenters. The number of nitrogens with one attached hydrogen (secondary N) is 2. The highest BCUT2D eigenvalue weighted by Crippen LogP contribution is 2.31. The second kappa shape index (κ2) is 8.53. The smallest absolute Gasteiger partial charge is 0.289 e. The molecule has 9 heteroatoms. The average Bonchev–Trinajstić information content (AvgIpc) is 3.20. The third-order valence-electron chi connectivity index (χ3n) is 3.86. The standard InChI is InChI=1S/C19H16ClFN4O3/c1-27-17-7-6-11(8-18(17)28-2)15-9-16(24-23-15)19(26)25-22-10-12-13(20)4-3-5-14(12)21/h3-10H,1-2H3,(H,23,24)(H,25,26)/b22-10+. The van der Waals surface area contributed by atoms with Crippen molar-refractivity contribution in [2.45, 2.75) is 0 Å². The number of methoxy groups -OCH3 is 2. The number of carbonyl (C=O) groups is 1. The topological polar surface area (TPSA) is 88.6 Å². The molecule has 144 valence electrons. The molecule has 1 aromatic heterocycles. The fourth-order valence-electron chi connectivity index (χ4n) is 2.43. The van der Waals surface area contributed by atoms with Crippen molar-refractivity contribution in [2.75, 3.05) is 14.2 Å². The molecule has 0 fully saturated rings. The van der Waals surface area contributed by atoms with Crippen molar-refractivity contribution in [3.05, 3.63) is 64.6 Å². The van der Waals surface area contributed by atoms with Crippen LogP contribution in [0.25, 0.3) is 11.3 Å². The quantitative estimate of drug-likeness (QED) is 0.486. The van der Waals surface area contributed by atoms with Crippen molar-refractivity contribution in [1.82, 2.24) is 15.6 Å². The van der Waals surface area contributed by atoms with E-state index in [1.54, 1.807) is 31.4 Å². The van der Waals surface area contributed by atoms with Crippen molar-refractivity contribution < 1.29 is 18.7 Å². The van der Waals surface area contributed by atoms with E-state index in [0.717, 1.165) is 11.8 Å². The molecule has 28 heavy (non-hydrogen) atoms. The van der Waals surface area contributed by atoms with Gasteiger partial charge in [0.05, 0.1) is 31.2 Å². The largest absolute Gasteiger partial charge is 0.493 e. The molecule has 0 bridgehead atoms. The van der Waals surface area contributed by atoms with Gasteiger partial charge in [0.15, 0.2) is 11.5 Å². The van der Waals surface area contributed by atoms with E-state index < -0.39 is 11.7 Å². The Balaban J connectivity index is 1.73. The van der Waals surface area contributed by atoms with Gasteiger partial charge in [-0.2, -0.15) is 10.2 Å². The summed E-state index contributed by atoms with van der Waals surface area (Å²) in [6.45, 7) is 0. The lowest BCUT2D eigenvalue weighted by molar-refractivity contribution is 0.0950. The predicted octanol–water partition coefficient (Wildman–Crippen LogP) is 3.65. The second-order valence-corrected chi connectivity index (χ2v) is 5.98. The summed E-state index contributed by atoms with van der Waals surface area (Å²) in [5, 5.41) is 10.7. The van der Waals surface area contributed by atoms with E-state index in [9.17, 15) is 9.18 Å². The number of aromatic nitrogens is 2. The van der Waals surface area contributed by atoms with Gasteiger partial charge < -0.3 is 9.47 Å². The Morgan fingerprint density at radius 2 is 2.00 bits per heavy atom. The third kappa shape index (κ3) is 4.12. The average molecular weight is 403 g/mol. The molecule has 0 radical (unpaired) electrons. The molecule has 3 rings (SSSR count). The fourth-order valence-corrected chi connectivity index (χ4v) is 2.64. The summed E-state index contributed by atoms with van der Waals surface area (Å²) in [6.07, 6.45) is 1.14. The molecule has 0 aliphatic rings. The maximum atomic E-state index is 13.7. The predicted molar refractivity (Wildman–Crippen MR) is 104 cm³/mol. The minimum atomic E-state index is -0.539. The summed E-state index contributed by atoms with van der Waals surface area (Å²) in [4.78, 5) is 12.2. The van der Waals surface area contributed by atoms with Gasteiger partial charge >= 0.3 is 0 Å². The van der Waals surface area contributed by atoms with Crippen LogP contribution in [0.2, 0.25) is 5.02 Å². The van der Waals surface area contributed by atoms with Gasteiger partial charge in [-0.15, -0.1) is 0 Å². The number of rotatable bonds is 6. The second-order valence-electron chi connectivity index (χ2n) is 5.57. The zero-order chi connectivity index (χ0) is 20.1. The summed E-state index contributed by atoms with van der Waals surface area (Å²) in [6, 6.07) is 11.1. The minimum absolute atomic E-state index is 0.0834. The number of carbonyl (C=O) groups excluding carboxylic acids is 1. The van der Waals surface area contributed by atoms with Gasteiger partial charge in [-0.1, -0.05) is 17.7 Å². The Bertz CT molecular complexity index is 1020. The lowest BCUT2D eigenvalue weighted by Gasteiger charge is -2.08. The van der Waals surface area contributed by atoms with Crippen molar-refractivity contribution in [2.24, 2.45) is 5.10 Å². The molecule has 0 unspecified atom stereocenters. The molecule has 0 saturated carbocycles. The summed E-state index contributed by atoms with van der Waals surface area (Å²) >= 11 is 5.90. The highest BCUT2D eigenvalue weighted by atomic mass is 35.5. The Kier molecular flexibility index (Phi) is 5.90. The molecule has 0 spiro atoms. The molecule has 2 N–H and O–H groups in total. The third-order valence-corrected chi connectivity index (χ3v) is 4.19. The number of hydrogen-bond donors (Lipinski definition) is 2. The van der Waals surface area contributed by atoms with Crippen LogP contribution < -0.4 is 14.9 Å². The van der Waals surface area contributed by atoms with E-state index in [4.69, 9.17) is 21.1 Å². The van der Waals surface area contributed by atoms with Gasteiger partial charge in [-0.25, -0.2) is 9.82 Å². The van der Waals surface area contributed by atoms with Crippen molar-refractivity contribution in [3.63, 3.8) is 0 Å². The van der Waals surface area contributed by atoms with Gasteiger partial charge in [0.1, 0.15) is 11.5 Å². The number of amides is 1. The molecule has 7 nitrogen and oxygen atoms in total. The van der Waals surface area contributed by atoms with Crippen molar-refractivity contribution in [1.29, 1.82) is 0 Å². The first-order valence-electron chi connectivity index (χ1n) is 8.08. The molecule has 0 aliphatic heterocycles. The highest BCUT2D eigenvalue weighted by Gasteiger charge is 2.13. The number of aromatic amines is 1. The number of benzene rings is 2. The van der Waals surface area contributed by atoms with Gasteiger partial charge in [0.2, 0.25) is 0 Å². The van der Waals surface area contributed by atoms with Gasteiger partial charge in [0, 0.05) is 11.1 Å². The number of halogens is 2. The Labute approximate surface area is 165 Å². The van der Waals surface area contributed by atoms with Gasteiger partial charge in [0.25, 0.3) is 5.91 Å². The molecule has 1 amide bonds. The summed E-state index contributed by atoms with van der Waals surface area (Å²) < 4.78 is 24.1. The van der Waals surface area contributed by atoms with Crippen LogP contribution in [-0.2, 0) is 0 Å². The number of nitrogens with zero attached hydrogens (tertiary/aromatic N) is 2. The molecule has 0 saturated heterocycles. The first-order chi connectivity index (χ1) is 13.5. The number of ether oxygens (including phenoxy) is 2. The zero-order valence-electron chi connectivity index (χ0n) is 15.0. The van der Waals surface area contributed by atoms with Crippen LogP contribution in [0.3, 0.4) is 0 Å². The Morgan fingerprint density at radius 1 is 1.21 bits per heavy atom. The summed E-state index contributed by atoms with van der Waals surface area (Å²) in [7, 11) is 3.08. The Hall–Kier alpha value is -3.39. The van der Waals surface area contributed by atoms with E-state index in [0.29, 0.717) is 17.2 Å². The molecular formula is C19H16ClFN4O3. The van der Waals surface area contributed by atoms with Crippen LogP contribution in [0.5, 0.6) is 11.5 Å². The van der Waals surface area contributed by atoms with E-state index in [1.807, 2.05) is 0 Å². The normalized spacial score (nSPS) is 10.9. The van der Waals surface area contributed by atoms with E-state index >= 15 is 0 Å². The van der Waals surface area contributed by atoms with E-state index in [1.165, 1.54) is 25.3 Å². The highest BCUT2D eigenvalue weighted by molar-refractivity contribution is 6.33. The summed E-state index contributed by atoms with van der Waals surface area (Å²) in [5.41, 5.74) is 3.83. The number of hydrazone groups is 1. The molecule has 2 aromatic carbocycles. The van der Waals surface area contributed by atoms with E-state index in [2.05, 4.69) is 20.7 Å². The van der Waals surface area contributed by atoms with Crippen LogP contribution in [0.1, 0.15) is 16.1 Å². The molecule has 0 aliphatic carbocycles. The van der Waals surface area contributed by atoms with Crippen LogP contribution in [0, 0.1) is 5.82 Å². The van der Waals surface area contributed by atoms with Crippen molar-refractivity contribution >= 4 is 23.7 Å². The van der Waals surface area contributed by atoms with Crippen molar-refractivity contribution in [3.8, 4) is 22.8 Å². The lowest BCUT2D eigenvalue weighted by atomic mass is 10.1. The fraction of sp³-hybridized carbons (Fsp3) is 0.105. The Morgan fingerprint density at radius 3 is 2.71 bits per heavy atom. The maximum absolute atomic E-state index is 13.7. The SMILES string of the molecule is COc1ccc(-c2cc(C(=O)N/N=C/c3c(F)cccc3Cl)[nH]n2)cc1OC. The zero-order valence-corrected chi connectivity index (χ0v) is 15.7. The molecule has 3 aromatic rings. The number of H-pyrrole nitrogens is 1. The van der Waals surface area contributed by atoms with Crippen LogP contribution in [-0.4, -0.2) is 36.5 Å². The molecule has 1 heterocycles.